The Morgan fingerprint density at radius 2 is 2.11 bits per heavy atom. The Kier molecular flexibility index (Phi) is 4.28. The highest BCUT2D eigenvalue weighted by Gasteiger charge is 2.28. The molecule has 0 aliphatic heterocycles. The van der Waals surface area contributed by atoms with Crippen LogP contribution in [0.25, 0.3) is 0 Å². The number of hydrogen-bond acceptors (Lipinski definition) is 3. The number of rotatable bonds is 6. The number of carboxylic acids is 1. The second kappa shape index (κ2) is 6.13. The molecule has 0 radical (unpaired) electrons. The lowest BCUT2D eigenvalue weighted by Gasteiger charge is -2.23. The van der Waals surface area contributed by atoms with Gasteiger partial charge in [0, 0.05) is 5.92 Å². The first-order chi connectivity index (χ1) is 9.22. The van der Waals surface area contributed by atoms with Crippen molar-refractivity contribution < 1.29 is 9.90 Å². The fourth-order valence-electron chi connectivity index (χ4n) is 2.32. The first-order valence-electron chi connectivity index (χ1n) is 6.32. The quantitative estimate of drug-likeness (QED) is 0.863. The fraction of sp³-hybridized carbons (Fsp3) is 0.357. The summed E-state index contributed by atoms with van der Waals surface area (Å²) in [5.41, 5.74) is 1.02. The van der Waals surface area contributed by atoms with Gasteiger partial charge in [-0.1, -0.05) is 37.3 Å². The van der Waals surface area contributed by atoms with Gasteiger partial charge >= 0.3 is 5.97 Å². The van der Waals surface area contributed by atoms with E-state index in [2.05, 4.69) is 10.1 Å². The van der Waals surface area contributed by atoms with E-state index in [1.165, 1.54) is 6.33 Å². The van der Waals surface area contributed by atoms with Gasteiger partial charge in [-0.25, -0.2) is 4.98 Å². The van der Waals surface area contributed by atoms with Crippen molar-refractivity contribution in [3.8, 4) is 0 Å². The minimum Gasteiger partial charge on any atom is -0.481 e. The third-order valence-electron chi connectivity index (χ3n) is 3.32. The first kappa shape index (κ1) is 13.3. The maximum Gasteiger partial charge on any atom is 0.307 e. The molecule has 0 saturated carbocycles. The Bertz CT molecular complexity index is 511. The molecule has 1 N–H and O–H groups in total. The van der Waals surface area contributed by atoms with Crippen molar-refractivity contribution in [3.05, 3.63) is 48.5 Å². The minimum atomic E-state index is -0.767. The average molecular weight is 259 g/mol. The van der Waals surface area contributed by atoms with E-state index in [9.17, 15) is 9.90 Å². The summed E-state index contributed by atoms with van der Waals surface area (Å²) in [4.78, 5) is 15.3. The molecule has 19 heavy (non-hydrogen) atoms. The Labute approximate surface area is 111 Å². The molecule has 0 fully saturated rings. The van der Waals surface area contributed by atoms with Crippen LogP contribution in [0.1, 0.15) is 24.8 Å². The molecule has 100 valence electrons. The molecule has 1 heterocycles. The minimum absolute atomic E-state index is 0.106. The van der Waals surface area contributed by atoms with Crippen LogP contribution < -0.4 is 0 Å². The van der Waals surface area contributed by atoms with Crippen LogP contribution in [0.5, 0.6) is 0 Å². The number of aromatic nitrogens is 3. The van der Waals surface area contributed by atoms with Gasteiger partial charge in [-0.05, 0) is 12.0 Å². The van der Waals surface area contributed by atoms with E-state index < -0.39 is 11.9 Å². The van der Waals surface area contributed by atoms with Crippen LogP contribution >= 0.6 is 0 Å². The van der Waals surface area contributed by atoms with Crippen LogP contribution in [0, 0.1) is 5.92 Å². The summed E-state index contributed by atoms with van der Waals surface area (Å²) in [7, 11) is 0. The number of nitrogens with zero attached hydrogens (tertiary/aromatic N) is 3. The molecule has 2 unspecified atom stereocenters. The van der Waals surface area contributed by atoms with Crippen LogP contribution in [0.2, 0.25) is 0 Å². The lowest BCUT2D eigenvalue weighted by atomic mass is 9.84. The monoisotopic (exact) mass is 259 g/mol. The third kappa shape index (κ3) is 3.19. The molecule has 5 nitrogen and oxygen atoms in total. The van der Waals surface area contributed by atoms with Crippen molar-refractivity contribution >= 4 is 5.97 Å². The molecule has 1 aromatic carbocycles. The normalized spacial score (nSPS) is 13.9. The van der Waals surface area contributed by atoms with Gasteiger partial charge in [-0.15, -0.1) is 0 Å². The second-order valence-corrected chi connectivity index (χ2v) is 4.49. The molecular weight excluding hydrogens is 242 g/mol. The molecule has 2 aromatic rings. The van der Waals surface area contributed by atoms with Crippen molar-refractivity contribution in [1.29, 1.82) is 0 Å². The Hall–Kier alpha value is -2.17. The Morgan fingerprint density at radius 3 is 2.63 bits per heavy atom. The van der Waals surface area contributed by atoms with E-state index >= 15 is 0 Å². The number of benzene rings is 1. The standard InChI is InChI=1S/C14H17N3O2/c1-2-12(14(18)19)13(8-17-10-15-9-16-17)11-6-4-3-5-7-11/h3-7,9-10,12-13H,2,8H2,1H3,(H,18,19). The smallest absolute Gasteiger partial charge is 0.307 e. The number of carbonyl (C=O) groups is 1. The Balaban J connectivity index is 2.30. The summed E-state index contributed by atoms with van der Waals surface area (Å²) in [6, 6.07) is 9.72. The molecule has 0 bridgehead atoms. The van der Waals surface area contributed by atoms with Crippen LogP contribution in [0.15, 0.2) is 43.0 Å². The molecule has 1 aromatic heterocycles. The van der Waals surface area contributed by atoms with Crippen molar-refractivity contribution in [2.45, 2.75) is 25.8 Å². The lowest BCUT2D eigenvalue weighted by molar-refractivity contribution is -0.142. The Morgan fingerprint density at radius 1 is 1.37 bits per heavy atom. The van der Waals surface area contributed by atoms with E-state index in [1.54, 1.807) is 11.0 Å². The van der Waals surface area contributed by atoms with E-state index in [1.807, 2.05) is 37.3 Å². The maximum atomic E-state index is 11.4. The highest BCUT2D eigenvalue weighted by molar-refractivity contribution is 5.71. The average Bonchev–Trinajstić information content (AvgIpc) is 2.92. The predicted molar refractivity (Wildman–Crippen MR) is 70.6 cm³/mol. The summed E-state index contributed by atoms with van der Waals surface area (Å²) < 4.78 is 1.68. The van der Waals surface area contributed by atoms with E-state index in [0.29, 0.717) is 13.0 Å². The zero-order valence-electron chi connectivity index (χ0n) is 10.8. The maximum absolute atomic E-state index is 11.4. The molecule has 5 heteroatoms. The van der Waals surface area contributed by atoms with Gasteiger partial charge in [0.1, 0.15) is 12.7 Å². The van der Waals surface area contributed by atoms with Gasteiger partial charge in [-0.2, -0.15) is 5.10 Å². The zero-order valence-corrected chi connectivity index (χ0v) is 10.8. The summed E-state index contributed by atoms with van der Waals surface area (Å²) >= 11 is 0. The molecule has 2 rings (SSSR count). The van der Waals surface area contributed by atoms with Gasteiger partial charge < -0.3 is 5.11 Å². The lowest BCUT2D eigenvalue weighted by Crippen LogP contribution is -2.25. The summed E-state index contributed by atoms with van der Waals surface area (Å²) in [6.07, 6.45) is 3.66. The van der Waals surface area contributed by atoms with Crippen molar-refractivity contribution in [2.75, 3.05) is 0 Å². The molecule has 0 aliphatic rings. The molecule has 0 aliphatic carbocycles. The number of hydrogen-bond donors (Lipinski definition) is 1. The number of carboxylic acid groups (broad SMARTS) is 1. The summed E-state index contributed by atoms with van der Waals surface area (Å²) in [6.45, 7) is 2.42. The van der Waals surface area contributed by atoms with Crippen LogP contribution in [0.3, 0.4) is 0 Å². The highest BCUT2D eigenvalue weighted by atomic mass is 16.4. The summed E-state index contributed by atoms with van der Waals surface area (Å²) in [5, 5.41) is 13.5. The van der Waals surface area contributed by atoms with Crippen LogP contribution in [0.4, 0.5) is 0 Å². The van der Waals surface area contributed by atoms with Crippen LogP contribution in [-0.4, -0.2) is 25.8 Å². The third-order valence-corrected chi connectivity index (χ3v) is 3.32. The largest absolute Gasteiger partial charge is 0.481 e. The predicted octanol–water partition coefficient (Wildman–Crippen LogP) is 2.17. The van der Waals surface area contributed by atoms with E-state index in [4.69, 9.17) is 0 Å². The van der Waals surface area contributed by atoms with Gasteiger partial charge in [0.2, 0.25) is 0 Å². The molecule has 0 amide bonds. The number of aliphatic carboxylic acids is 1. The molecular formula is C14H17N3O2. The molecule has 2 atom stereocenters. The van der Waals surface area contributed by atoms with E-state index in [0.717, 1.165) is 5.56 Å². The SMILES string of the molecule is CCC(C(=O)O)C(Cn1cncn1)c1ccccc1. The van der Waals surface area contributed by atoms with Gasteiger partial charge in [0.05, 0.1) is 12.5 Å². The zero-order chi connectivity index (χ0) is 13.7. The highest BCUT2D eigenvalue weighted by Crippen LogP contribution is 2.29. The van der Waals surface area contributed by atoms with E-state index in [-0.39, 0.29) is 5.92 Å². The van der Waals surface area contributed by atoms with Crippen molar-refractivity contribution in [2.24, 2.45) is 5.92 Å². The second-order valence-electron chi connectivity index (χ2n) is 4.49. The van der Waals surface area contributed by atoms with Crippen molar-refractivity contribution in [3.63, 3.8) is 0 Å². The van der Waals surface area contributed by atoms with Gasteiger partial charge in [0.25, 0.3) is 0 Å². The van der Waals surface area contributed by atoms with Crippen LogP contribution in [-0.2, 0) is 11.3 Å². The summed E-state index contributed by atoms with van der Waals surface area (Å²) in [5.74, 6) is -1.30. The first-order valence-corrected chi connectivity index (χ1v) is 6.32. The van der Waals surface area contributed by atoms with Gasteiger partial charge in [0.15, 0.2) is 0 Å². The van der Waals surface area contributed by atoms with Crippen molar-refractivity contribution in [1.82, 2.24) is 14.8 Å². The fourth-order valence-corrected chi connectivity index (χ4v) is 2.32. The molecule has 0 spiro atoms. The topological polar surface area (TPSA) is 68.0 Å². The molecule has 0 saturated heterocycles. The van der Waals surface area contributed by atoms with Gasteiger partial charge in [-0.3, -0.25) is 9.48 Å².